The predicted octanol–water partition coefficient (Wildman–Crippen LogP) is -3.26. The predicted molar refractivity (Wildman–Crippen MR) is 72.6 cm³/mol. The SMILES string of the molecule is CC(C)[O-].CC(C)[O-].CC(C)[O-].CC(C)[O-].O=C([O-])CO.[Ti+4].[Ti+4]. The molecular formula is C14H31O7Ti2+3. The number of rotatable bonds is 1. The van der Waals surface area contributed by atoms with Gasteiger partial charge in [-0.3, -0.25) is 0 Å². The first-order chi connectivity index (χ1) is 9.20. The smallest absolute Gasteiger partial charge is 0.852 e. The van der Waals surface area contributed by atoms with E-state index in [0.29, 0.717) is 0 Å². The first kappa shape index (κ1) is 43.8. The van der Waals surface area contributed by atoms with E-state index in [1.54, 1.807) is 55.4 Å². The van der Waals surface area contributed by atoms with Crippen LogP contribution in [-0.2, 0) is 48.2 Å². The van der Waals surface area contributed by atoms with Gasteiger partial charge in [0.05, 0.1) is 12.6 Å². The van der Waals surface area contributed by atoms with Gasteiger partial charge in [0.25, 0.3) is 0 Å². The quantitative estimate of drug-likeness (QED) is 0.448. The summed E-state index contributed by atoms with van der Waals surface area (Å²) >= 11 is 0. The van der Waals surface area contributed by atoms with Crippen molar-refractivity contribution in [3.8, 4) is 0 Å². The molecule has 1 N–H and O–H groups in total. The van der Waals surface area contributed by atoms with Crippen LogP contribution in [0.4, 0.5) is 0 Å². The van der Waals surface area contributed by atoms with Crippen LogP contribution in [0.1, 0.15) is 55.4 Å². The van der Waals surface area contributed by atoms with E-state index in [2.05, 4.69) is 0 Å². The summed E-state index contributed by atoms with van der Waals surface area (Å²) in [6, 6.07) is 0. The minimum Gasteiger partial charge on any atom is -0.852 e. The summed E-state index contributed by atoms with van der Waals surface area (Å²) < 4.78 is 0. The van der Waals surface area contributed by atoms with Crippen molar-refractivity contribution in [1.82, 2.24) is 0 Å². The van der Waals surface area contributed by atoms with Crippen LogP contribution in [0.25, 0.3) is 0 Å². The molecule has 0 aromatic carbocycles. The Morgan fingerprint density at radius 3 is 0.739 bits per heavy atom. The third-order valence-corrected chi connectivity index (χ3v) is 0.129. The summed E-state index contributed by atoms with van der Waals surface area (Å²) in [6.07, 6.45) is -1.67. The summed E-state index contributed by atoms with van der Waals surface area (Å²) in [7, 11) is 0. The number of aliphatic hydroxyl groups is 1. The largest absolute Gasteiger partial charge is 4.00 e. The van der Waals surface area contributed by atoms with E-state index in [9.17, 15) is 20.4 Å². The maximum absolute atomic E-state index is 9.53. The second-order valence-corrected chi connectivity index (χ2v) is 4.73. The van der Waals surface area contributed by atoms with Crippen LogP contribution >= 0.6 is 0 Å². The van der Waals surface area contributed by atoms with Crippen molar-refractivity contribution in [2.24, 2.45) is 0 Å². The Morgan fingerprint density at radius 1 is 0.696 bits per heavy atom. The van der Waals surface area contributed by atoms with Gasteiger partial charge in [0.1, 0.15) is 0 Å². The van der Waals surface area contributed by atoms with Gasteiger partial charge in [0.15, 0.2) is 0 Å². The van der Waals surface area contributed by atoms with Crippen molar-refractivity contribution in [2.75, 3.05) is 6.61 Å². The second-order valence-electron chi connectivity index (χ2n) is 4.73. The maximum Gasteiger partial charge on any atom is 4.00 e. The van der Waals surface area contributed by atoms with Gasteiger partial charge in [-0.05, 0) is 0 Å². The Hall–Kier alpha value is 0.699. The van der Waals surface area contributed by atoms with E-state index in [1.165, 1.54) is 0 Å². The maximum atomic E-state index is 9.53. The third-order valence-electron chi connectivity index (χ3n) is 0.129. The number of hydrogen-bond acceptors (Lipinski definition) is 7. The molecule has 0 aliphatic rings. The summed E-state index contributed by atoms with van der Waals surface area (Å²) in [6.45, 7) is 12.0. The molecule has 0 radical (unpaired) electrons. The molecule has 9 heteroatoms. The summed E-state index contributed by atoms with van der Waals surface area (Å²) in [5.74, 6) is -1.44. The summed E-state index contributed by atoms with van der Waals surface area (Å²) in [5, 5.41) is 54.6. The molecule has 0 aromatic heterocycles. The number of hydrogen-bond donors (Lipinski definition) is 1. The molecule has 23 heavy (non-hydrogen) atoms. The molecule has 7 nitrogen and oxygen atoms in total. The number of carboxylic acids is 1. The molecular weight excluding hydrogens is 376 g/mol. The molecule has 0 fully saturated rings. The molecule has 134 valence electrons. The molecule has 0 atom stereocenters. The Balaban J connectivity index is -0.0000000273. The average Bonchev–Trinajstić information content (AvgIpc) is 2.13. The molecule has 0 aromatic rings. The van der Waals surface area contributed by atoms with Crippen LogP contribution in [0.2, 0.25) is 0 Å². The first-order valence-electron chi connectivity index (χ1n) is 6.64. The van der Waals surface area contributed by atoms with E-state index in [1.807, 2.05) is 0 Å². The molecule has 0 amide bonds. The minimum absolute atomic E-state index is 0. The zero-order valence-corrected chi connectivity index (χ0v) is 18.5. The van der Waals surface area contributed by atoms with Crippen LogP contribution in [0.15, 0.2) is 0 Å². The van der Waals surface area contributed by atoms with Gasteiger partial charge >= 0.3 is 43.4 Å². The second kappa shape index (κ2) is 38.3. The van der Waals surface area contributed by atoms with Crippen LogP contribution in [0.5, 0.6) is 0 Å². The van der Waals surface area contributed by atoms with Crippen LogP contribution in [-0.4, -0.2) is 42.1 Å². The molecule has 0 unspecified atom stereocenters. The number of aliphatic carboxylic acids is 1. The van der Waals surface area contributed by atoms with Gasteiger partial charge in [-0.15, -0.1) is 24.4 Å². The number of carboxylic acid groups (broad SMARTS) is 1. The topological polar surface area (TPSA) is 153 Å². The number of carbonyl (C=O) groups is 1. The Labute approximate surface area is 170 Å². The van der Waals surface area contributed by atoms with Crippen LogP contribution in [0, 0.1) is 0 Å². The minimum atomic E-state index is -1.44. The monoisotopic (exact) mass is 407 g/mol. The fourth-order valence-corrected chi connectivity index (χ4v) is 0. The molecule has 0 rings (SSSR count). The van der Waals surface area contributed by atoms with Gasteiger partial charge in [-0.2, -0.15) is 0 Å². The van der Waals surface area contributed by atoms with Crippen molar-refractivity contribution in [3.05, 3.63) is 0 Å². The fraction of sp³-hybridized carbons (Fsp3) is 0.929. The van der Waals surface area contributed by atoms with E-state index in [4.69, 9.17) is 15.0 Å². The van der Waals surface area contributed by atoms with Crippen molar-refractivity contribution in [1.29, 1.82) is 0 Å². The average molecular weight is 407 g/mol. The van der Waals surface area contributed by atoms with Crippen molar-refractivity contribution < 1.29 is 78.9 Å². The van der Waals surface area contributed by atoms with Crippen LogP contribution in [0.3, 0.4) is 0 Å². The number of carbonyl (C=O) groups excluding carboxylic acids is 1. The van der Waals surface area contributed by atoms with Gasteiger partial charge in [-0.1, -0.05) is 55.4 Å². The van der Waals surface area contributed by atoms with E-state index >= 15 is 0 Å². The standard InChI is InChI=1S/4C3H7O.C2H4O3.2Ti/c4*1-3(2)4;3-1-2(4)5;;/h4*3H,1-2H3;3H,1H2,(H,4,5);;/q4*-1;;2*+4/p-1. The molecule has 0 spiro atoms. The first-order valence-corrected chi connectivity index (χ1v) is 6.64. The molecule has 0 heterocycles. The number of aliphatic hydroxyl groups excluding tert-OH is 1. The van der Waals surface area contributed by atoms with Crippen molar-refractivity contribution >= 4 is 5.97 Å². The molecule has 0 saturated carbocycles. The van der Waals surface area contributed by atoms with Crippen LogP contribution < -0.4 is 25.5 Å². The summed E-state index contributed by atoms with van der Waals surface area (Å²) in [5.41, 5.74) is 0. The Kier molecular flexibility index (Phi) is 73.0. The zero-order chi connectivity index (χ0) is 18.6. The molecule has 0 aliphatic carbocycles. The van der Waals surface area contributed by atoms with Gasteiger partial charge < -0.3 is 35.4 Å². The van der Waals surface area contributed by atoms with E-state index < -0.39 is 37.0 Å². The Morgan fingerprint density at radius 2 is 0.739 bits per heavy atom. The van der Waals surface area contributed by atoms with Gasteiger partial charge in [0.2, 0.25) is 0 Å². The van der Waals surface area contributed by atoms with E-state index in [0.717, 1.165) is 0 Å². The van der Waals surface area contributed by atoms with Gasteiger partial charge in [-0.25, -0.2) is 0 Å². The molecule has 0 saturated heterocycles. The van der Waals surface area contributed by atoms with E-state index in [-0.39, 0.29) is 43.4 Å². The third kappa shape index (κ3) is 1340. The van der Waals surface area contributed by atoms with Gasteiger partial charge in [0, 0.05) is 0 Å². The zero-order valence-electron chi connectivity index (χ0n) is 15.4. The Bertz CT molecular complexity index is 143. The fourth-order valence-electron chi connectivity index (χ4n) is 0. The normalized spacial score (nSPS) is 7.87. The molecule has 0 bridgehead atoms. The van der Waals surface area contributed by atoms with Crippen molar-refractivity contribution in [3.63, 3.8) is 0 Å². The van der Waals surface area contributed by atoms with Crippen molar-refractivity contribution in [2.45, 2.75) is 79.8 Å². The summed E-state index contributed by atoms with van der Waals surface area (Å²) in [4.78, 5) is 9.01. The molecule has 0 aliphatic heterocycles.